The van der Waals surface area contributed by atoms with Gasteiger partial charge in [0.1, 0.15) is 6.17 Å². The molecule has 2 fully saturated rings. The lowest BCUT2D eigenvalue weighted by Gasteiger charge is -2.31. The molecule has 4 heteroatoms. The van der Waals surface area contributed by atoms with E-state index in [2.05, 4.69) is 6.08 Å². The van der Waals surface area contributed by atoms with Crippen molar-refractivity contribution in [3.8, 4) is 0 Å². The van der Waals surface area contributed by atoms with Crippen LogP contribution in [0.1, 0.15) is 77.0 Å². The third-order valence-electron chi connectivity index (χ3n) is 6.10. The standard InChI is InChI=1S/C22H35FO3/c23-20-15-14-17(19(16-20)11-5-7-13-22(25)26)8-4-6-12-21(24)18-9-2-1-3-10-18/h4,6,8,12,17-21,24H,1-3,5,7,9-11,13-16H2,(H,25,26)/b8-4+,12-6+/t17-,19-,20+,21+/m0/s1. The van der Waals surface area contributed by atoms with Gasteiger partial charge in [-0.1, -0.05) is 50.0 Å². The molecule has 3 nitrogen and oxygen atoms in total. The largest absolute Gasteiger partial charge is 0.481 e. The van der Waals surface area contributed by atoms with Crippen LogP contribution in [0.2, 0.25) is 0 Å². The van der Waals surface area contributed by atoms with E-state index in [0.29, 0.717) is 37.0 Å². The third-order valence-corrected chi connectivity index (χ3v) is 6.10. The molecule has 0 radical (unpaired) electrons. The van der Waals surface area contributed by atoms with Crippen LogP contribution in [-0.4, -0.2) is 28.5 Å². The zero-order valence-electron chi connectivity index (χ0n) is 15.9. The summed E-state index contributed by atoms with van der Waals surface area (Å²) in [5.41, 5.74) is 0. The van der Waals surface area contributed by atoms with Crippen molar-refractivity contribution in [1.82, 2.24) is 0 Å². The Kier molecular flexibility index (Phi) is 9.38. The molecular formula is C22H35FO3. The first kappa shape index (κ1) is 21.1. The summed E-state index contributed by atoms with van der Waals surface area (Å²) >= 11 is 0. The van der Waals surface area contributed by atoms with E-state index in [4.69, 9.17) is 5.11 Å². The topological polar surface area (TPSA) is 57.5 Å². The zero-order valence-corrected chi connectivity index (χ0v) is 15.9. The number of aliphatic carboxylic acids is 1. The van der Waals surface area contributed by atoms with Crippen molar-refractivity contribution in [2.45, 2.75) is 89.3 Å². The fourth-order valence-electron chi connectivity index (χ4n) is 4.52. The maximum Gasteiger partial charge on any atom is 0.303 e. The molecule has 148 valence electrons. The van der Waals surface area contributed by atoms with Gasteiger partial charge in [0, 0.05) is 6.42 Å². The van der Waals surface area contributed by atoms with Gasteiger partial charge in [-0.2, -0.15) is 0 Å². The van der Waals surface area contributed by atoms with Gasteiger partial charge in [0.2, 0.25) is 0 Å². The second kappa shape index (κ2) is 11.5. The Morgan fingerprint density at radius 1 is 1.08 bits per heavy atom. The Morgan fingerprint density at radius 2 is 1.85 bits per heavy atom. The van der Waals surface area contributed by atoms with Crippen LogP contribution >= 0.6 is 0 Å². The van der Waals surface area contributed by atoms with Crippen LogP contribution in [0.25, 0.3) is 0 Å². The second-order valence-electron chi connectivity index (χ2n) is 8.13. The highest BCUT2D eigenvalue weighted by Gasteiger charge is 2.28. The van der Waals surface area contributed by atoms with Gasteiger partial charge in [0.05, 0.1) is 6.10 Å². The van der Waals surface area contributed by atoms with Gasteiger partial charge in [-0.3, -0.25) is 4.79 Å². The van der Waals surface area contributed by atoms with E-state index in [1.165, 1.54) is 19.3 Å². The van der Waals surface area contributed by atoms with E-state index in [0.717, 1.165) is 32.1 Å². The summed E-state index contributed by atoms with van der Waals surface area (Å²) in [6, 6.07) is 0. The van der Waals surface area contributed by atoms with Crippen LogP contribution in [0.5, 0.6) is 0 Å². The van der Waals surface area contributed by atoms with Gasteiger partial charge >= 0.3 is 5.97 Å². The maximum absolute atomic E-state index is 13.8. The number of carboxylic acid groups (broad SMARTS) is 1. The molecular weight excluding hydrogens is 331 g/mol. The lowest BCUT2D eigenvalue weighted by Crippen LogP contribution is -2.24. The molecule has 0 spiro atoms. The van der Waals surface area contributed by atoms with Crippen molar-refractivity contribution in [2.24, 2.45) is 17.8 Å². The summed E-state index contributed by atoms with van der Waals surface area (Å²) in [5, 5.41) is 19.0. The van der Waals surface area contributed by atoms with Gasteiger partial charge in [0.15, 0.2) is 0 Å². The molecule has 2 N–H and O–H groups in total. The van der Waals surface area contributed by atoms with Gasteiger partial charge in [0.25, 0.3) is 0 Å². The van der Waals surface area contributed by atoms with Crippen LogP contribution in [-0.2, 0) is 4.79 Å². The highest BCUT2D eigenvalue weighted by molar-refractivity contribution is 5.66. The molecule has 26 heavy (non-hydrogen) atoms. The first-order valence-electron chi connectivity index (χ1n) is 10.4. The van der Waals surface area contributed by atoms with Crippen molar-refractivity contribution in [2.75, 3.05) is 0 Å². The molecule has 0 aromatic carbocycles. The van der Waals surface area contributed by atoms with E-state index >= 15 is 0 Å². The molecule has 2 saturated carbocycles. The lowest BCUT2D eigenvalue weighted by molar-refractivity contribution is -0.137. The second-order valence-corrected chi connectivity index (χ2v) is 8.13. The normalized spacial score (nSPS) is 29.4. The third kappa shape index (κ3) is 7.61. The van der Waals surface area contributed by atoms with Crippen LogP contribution in [0.15, 0.2) is 24.3 Å². The molecule has 0 aromatic heterocycles. The Labute approximate surface area is 157 Å². The molecule has 0 aliphatic heterocycles. The Bertz CT molecular complexity index is 468. The van der Waals surface area contributed by atoms with Gasteiger partial charge in [-0.05, 0) is 62.7 Å². The predicted octanol–water partition coefficient (Wildman–Crippen LogP) is 5.44. The Morgan fingerprint density at radius 3 is 2.58 bits per heavy atom. The van der Waals surface area contributed by atoms with Gasteiger partial charge in [-0.25, -0.2) is 4.39 Å². The number of carbonyl (C=O) groups is 1. The quantitative estimate of drug-likeness (QED) is 0.422. The van der Waals surface area contributed by atoms with E-state index in [1.807, 2.05) is 18.2 Å². The van der Waals surface area contributed by atoms with Crippen molar-refractivity contribution < 1.29 is 19.4 Å². The van der Waals surface area contributed by atoms with Crippen LogP contribution in [0.3, 0.4) is 0 Å². The average molecular weight is 367 g/mol. The number of aliphatic hydroxyl groups excluding tert-OH is 1. The monoisotopic (exact) mass is 366 g/mol. The van der Waals surface area contributed by atoms with Crippen molar-refractivity contribution >= 4 is 5.97 Å². The zero-order chi connectivity index (χ0) is 18.8. The number of hydrogen-bond acceptors (Lipinski definition) is 2. The van der Waals surface area contributed by atoms with Crippen molar-refractivity contribution in [3.05, 3.63) is 24.3 Å². The number of allylic oxidation sites excluding steroid dienone is 3. The number of alkyl halides is 1. The minimum Gasteiger partial charge on any atom is -0.481 e. The molecule has 0 bridgehead atoms. The number of halogens is 1. The summed E-state index contributed by atoms with van der Waals surface area (Å²) in [6.07, 6.45) is 17.6. The molecule has 0 unspecified atom stereocenters. The van der Waals surface area contributed by atoms with Gasteiger partial charge in [-0.15, -0.1) is 0 Å². The number of aliphatic hydroxyl groups is 1. The van der Waals surface area contributed by atoms with E-state index in [1.54, 1.807) is 0 Å². The molecule has 0 saturated heterocycles. The number of carboxylic acids is 1. The minimum absolute atomic E-state index is 0.202. The highest BCUT2D eigenvalue weighted by Crippen LogP contribution is 2.36. The number of hydrogen-bond donors (Lipinski definition) is 2. The lowest BCUT2D eigenvalue weighted by atomic mass is 9.75. The maximum atomic E-state index is 13.8. The van der Waals surface area contributed by atoms with E-state index in [-0.39, 0.29) is 12.5 Å². The summed E-state index contributed by atoms with van der Waals surface area (Å²) in [4.78, 5) is 10.6. The molecule has 2 aliphatic rings. The highest BCUT2D eigenvalue weighted by atomic mass is 19.1. The minimum atomic E-state index is -0.755. The summed E-state index contributed by atoms with van der Waals surface area (Å²) in [7, 11) is 0. The summed E-state index contributed by atoms with van der Waals surface area (Å²) in [6.45, 7) is 0. The van der Waals surface area contributed by atoms with E-state index in [9.17, 15) is 14.3 Å². The summed E-state index contributed by atoms with van der Waals surface area (Å²) < 4.78 is 13.8. The van der Waals surface area contributed by atoms with Crippen molar-refractivity contribution in [3.63, 3.8) is 0 Å². The molecule has 0 heterocycles. The first-order valence-corrected chi connectivity index (χ1v) is 10.4. The Balaban J connectivity index is 1.78. The van der Waals surface area contributed by atoms with Gasteiger partial charge < -0.3 is 10.2 Å². The van der Waals surface area contributed by atoms with Crippen LogP contribution in [0, 0.1) is 17.8 Å². The van der Waals surface area contributed by atoms with E-state index < -0.39 is 12.1 Å². The van der Waals surface area contributed by atoms with Crippen LogP contribution in [0.4, 0.5) is 4.39 Å². The smallest absolute Gasteiger partial charge is 0.303 e. The molecule has 0 amide bonds. The first-order chi connectivity index (χ1) is 12.6. The fourth-order valence-corrected chi connectivity index (χ4v) is 4.52. The number of rotatable bonds is 9. The Hall–Kier alpha value is -1.16. The number of unbranched alkanes of at least 4 members (excludes halogenated alkanes) is 1. The molecule has 2 rings (SSSR count). The summed E-state index contributed by atoms with van der Waals surface area (Å²) in [5.74, 6) is 0.316. The fraction of sp³-hybridized carbons (Fsp3) is 0.773. The predicted molar refractivity (Wildman–Crippen MR) is 103 cm³/mol. The van der Waals surface area contributed by atoms with Crippen molar-refractivity contribution in [1.29, 1.82) is 0 Å². The average Bonchev–Trinajstić information content (AvgIpc) is 2.64. The molecule has 0 aromatic rings. The molecule has 4 atom stereocenters. The molecule has 2 aliphatic carbocycles. The van der Waals surface area contributed by atoms with Crippen LogP contribution < -0.4 is 0 Å². The SMILES string of the molecule is O=C(O)CCCC[C@H]1C[C@H](F)CC[C@@H]1/C=C/C=C/[C@@H](O)C1CCCCC1.